The lowest BCUT2D eigenvalue weighted by molar-refractivity contribution is -0.00870. The third-order valence-electron chi connectivity index (χ3n) is 6.93. The molecule has 0 saturated carbocycles. The Morgan fingerprint density at radius 3 is 1.44 bits per heavy atom. The Morgan fingerprint density at radius 2 is 1.04 bits per heavy atom. The lowest BCUT2D eigenvalue weighted by atomic mass is 9.86. The average molecular weight is 682 g/mol. The van der Waals surface area contributed by atoms with Gasteiger partial charge in [-0.1, -0.05) is 82.9 Å². The van der Waals surface area contributed by atoms with E-state index in [1.54, 1.807) is 21.3 Å². The fourth-order valence-electron chi connectivity index (χ4n) is 4.72. The highest BCUT2D eigenvalue weighted by Gasteiger charge is 2.34. The van der Waals surface area contributed by atoms with E-state index in [2.05, 4.69) is 47.6 Å². The molecule has 0 amide bonds. The second kappa shape index (κ2) is 17.2. The number of hydrogen-bond acceptors (Lipinski definition) is 7. The largest absolute Gasteiger partial charge is 0.496 e. The van der Waals surface area contributed by atoms with Crippen molar-refractivity contribution in [2.45, 2.75) is 52.4 Å². The number of halogens is 2. The van der Waals surface area contributed by atoms with Gasteiger partial charge in [0.2, 0.25) is 0 Å². The summed E-state index contributed by atoms with van der Waals surface area (Å²) in [7, 11) is 3.51. The van der Waals surface area contributed by atoms with Crippen molar-refractivity contribution in [1.82, 2.24) is 0 Å². The first kappa shape index (κ1) is 37.4. The first-order valence-electron chi connectivity index (χ1n) is 14.8. The van der Waals surface area contributed by atoms with E-state index in [0.29, 0.717) is 48.0 Å². The van der Waals surface area contributed by atoms with E-state index in [4.69, 9.17) is 56.4 Å². The van der Waals surface area contributed by atoms with Gasteiger partial charge < -0.3 is 33.2 Å². The minimum atomic E-state index is -1.43. The van der Waals surface area contributed by atoms with Crippen molar-refractivity contribution in [2.75, 3.05) is 61.3 Å². The zero-order valence-corrected chi connectivity index (χ0v) is 30.3. The molecule has 3 aromatic carbocycles. The summed E-state index contributed by atoms with van der Waals surface area (Å²) in [5.74, 6) is 2.12. The molecule has 0 bridgehead atoms. The maximum atomic E-state index is 6.92. The summed E-state index contributed by atoms with van der Waals surface area (Å²) in [4.78, 5) is 0. The monoisotopic (exact) mass is 680 g/mol. The quantitative estimate of drug-likeness (QED) is 0.0890. The Balaban J connectivity index is 2.39. The molecule has 0 aliphatic carbocycles. The van der Waals surface area contributed by atoms with Crippen LogP contribution in [0.5, 0.6) is 17.2 Å². The van der Waals surface area contributed by atoms with Crippen LogP contribution in [0.15, 0.2) is 48.5 Å². The van der Waals surface area contributed by atoms with Gasteiger partial charge in [0, 0.05) is 51.3 Å². The first-order chi connectivity index (χ1) is 21.3. The van der Waals surface area contributed by atoms with Crippen molar-refractivity contribution < 1.29 is 33.2 Å². The van der Waals surface area contributed by atoms with Crippen molar-refractivity contribution >= 4 is 47.0 Å². The van der Waals surface area contributed by atoms with Gasteiger partial charge in [0.25, 0.3) is 0 Å². The fourth-order valence-corrected chi connectivity index (χ4v) is 8.02. The van der Waals surface area contributed by atoms with E-state index in [0.717, 1.165) is 32.8 Å². The van der Waals surface area contributed by atoms with Crippen LogP contribution in [0.2, 0.25) is 10.0 Å². The third-order valence-corrected chi connectivity index (χ3v) is 9.84. The first-order valence-corrected chi connectivity index (χ1v) is 16.9. The predicted octanol–water partition coefficient (Wildman–Crippen LogP) is 7.35. The molecule has 0 radical (unpaired) electrons. The van der Waals surface area contributed by atoms with Gasteiger partial charge in [-0.2, -0.15) is 0 Å². The number of rotatable bonds is 16. The van der Waals surface area contributed by atoms with E-state index in [9.17, 15) is 0 Å². The van der Waals surface area contributed by atoms with Gasteiger partial charge in [0.15, 0.2) is 13.6 Å². The molecule has 0 atom stereocenters. The lowest BCUT2D eigenvalue weighted by Gasteiger charge is -2.32. The van der Waals surface area contributed by atoms with Crippen LogP contribution in [-0.4, -0.2) is 61.3 Å². The summed E-state index contributed by atoms with van der Waals surface area (Å²) in [5, 5.41) is 3.90. The maximum absolute atomic E-state index is 6.92. The molecular weight excluding hydrogens is 634 g/mol. The van der Waals surface area contributed by atoms with Gasteiger partial charge >= 0.3 is 0 Å². The van der Waals surface area contributed by atoms with Crippen LogP contribution < -0.4 is 30.1 Å². The third kappa shape index (κ3) is 10.2. The molecule has 0 spiro atoms. The molecule has 3 rings (SSSR count). The number of methoxy groups -OCH3 is 3. The van der Waals surface area contributed by atoms with Gasteiger partial charge in [-0.15, -0.1) is 0 Å². The van der Waals surface area contributed by atoms with Crippen LogP contribution in [0.3, 0.4) is 0 Å². The van der Waals surface area contributed by atoms with Crippen LogP contribution in [0.25, 0.3) is 0 Å². The zero-order valence-electron chi connectivity index (χ0n) is 27.9. The zero-order chi connectivity index (χ0) is 33.2. The Morgan fingerprint density at radius 1 is 0.600 bits per heavy atom. The number of benzene rings is 3. The minimum Gasteiger partial charge on any atom is -0.496 e. The topological polar surface area (TPSA) is 64.6 Å². The number of para-hydroxylation sites is 1. The second-order valence-electron chi connectivity index (χ2n) is 12.4. The van der Waals surface area contributed by atoms with E-state index >= 15 is 0 Å². The van der Waals surface area contributed by atoms with E-state index in [1.165, 1.54) is 0 Å². The van der Waals surface area contributed by atoms with Gasteiger partial charge in [0.1, 0.15) is 17.2 Å². The number of ether oxygens (including phenoxy) is 7. The van der Waals surface area contributed by atoms with Gasteiger partial charge in [-0.3, -0.25) is 0 Å². The van der Waals surface area contributed by atoms with Crippen LogP contribution in [0.4, 0.5) is 0 Å². The van der Waals surface area contributed by atoms with Crippen molar-refractivity contribution in [3.63, 3.8) is 0 Å². The van der Waals surface area contributed by atoms with Gasteiger partial charge in [-0.25, -0.2) is 0 Å². The van der Waals surface area contributed by atoms with Crippen LogP contribution in [-0.2, 0) is 29.8 Å². The Bertz CT molecular complexity index is 1300. The molecular formula is C35H47Cl2O7P. The molecule has 10 heteroatoms. The van der Waals surface area contributed by atoms with E-state index in [1.807, 2.05) is 42.5 Å². The molecule has 0 aromatic heterocycles. The smallest absolute Gasteiger partial charge is 0.189 e. The molecule has 45 heavy (non-hydrogen) atoms. The summed E-state index contributed by atoms with van der Waals surface area (Å²) in [6.45, 7) is 14.6. The molecule has 0 fully saturated rings. The summed E-state index contributed by atoms with van der Waals surface area (Å²) in [6.07, 6.45) is 0. The molecule has 0 aliphatic rings. The Labute approximate surface area is 280 Å². The normalized spacial score (nSPS) is 12.1. The Hall–Kier alpha value is -2.09. The second-order valence-corrected chi connectivity index (χ2v) is 15.4. The average Bonchev–Trinajstić information content (AvgIpc) is 2.97. The van der Waals surface area contributed by atoms with Crippen molar-refractivity contribution in [3.8, 4) is 17.2 Å². The number of hydrogen-bond donors (Lipinski definition) is 0. The van der Waals surface area contributed by atoms with Crippen LogP contribution in [0.1, 0.15) is 52.7 Å². The van der Waals surface area contributed by atoms with Crippen LogP contribution in [0, 0.1) is 0 Å². The van der Waals surface area contributed by atoms with Gasteiger partial charge in [-0.05, 0) is 49.1 Å². The predicted molar refractivity (Wildman–Crippen MR) is 186 cm³/mol. The van der Waals surface area contributed by atoms with Crippen molar-refractivity contribution in [1.29, 1.82) is 0 Å². The standard InChI is InChI=1S/C35H47Cl2O7P/c1-34(2,3)26-18-24(36)20-30(32(26)43-22-41-16-14-38-7)45(29-13-11-10-12-28(29)40-9)31-21-25(37)19-27(35(4,5)6)33(31)44-23-42-17-15-39-8/h10-13,18-21H,14-17,22-23H2,1-9H3. The van der Waals surface area contributed by atoms with Crippen molar-refractivity contribution in [2.24, 2.45) is 0 Å². The highest BCUT2D eigenvalue weighted by Crippen LogP contribution is 2.48. The minimum absolute atomic E-state index is 0.0374. The molecule has 0 N–H and O–H groups in total. The molecule has 3 aromatic rings. The van der Waals surface area contributed by atoms with E-state index < -0.39 is 7.92 Å². The Kier molecular flexibility index (Phi) is 14.3. The molecule has 7 nitrogen and oxygen atoms in total. The van der Waals surface area contributed by atoms with Crippen molar-refractivity contribution in [3.05, 3.63) is 69.7 Å². The van der Waals surface area contributed by atoms with Crippen LogP contribution >= 0.6 is 31.1 Å². The highest BCUT2D eigenvalue weighted by molar-refractivity contribution is 7.80. The lowest BCUT2D eigenvalue weighted by Crippen LogP contribution is -2.29. The molecule has 0 heterocycles. The molecule has 0 unspecified atom stereocenters. The summed E-state index contributed by atoms with van der Waals surface area (Å²) in [5.41, 5.74) is 1.29. The molecule has 0 saturated heterocycles. The summed E-state index contributed by atoms with van der Waals surface area (Å²) < 4.78 is 40.9. The summed E-state index contributed by atoms with van der Waals surface area (Å²) in [6, 6.07) is 15.8. The molecule has 0 aliphatic heterocycles. The fraction of sp³-hybridized carbons (Fsp3) is 0.486. The molecule has 248 valence electrons. The SMILES string of the molecule is COCCOCOc1c(P(c2ccccc2OC)c2cc(Cl)cc(C(C)(C)C)c2OCOCCOC)cc(Cl)cc1C(C)(C)C. The summed E-state index contributed by atoms with van der Waals surface area (Å²) >= 11 is 13.8. The maximum Gasteiger partial charge on any atom is 0.189 e. The van der Waals surface area contributed by atoms with Gasteiger partial charge in [0.05, 0.1) is 33.5 Å². The van der Waals surface area contributed by atoms with E-state index in [-0.39, 0.29) is 24.4 Å². The highest BCUT2D eigenvalue weighted by atomic mass is 35.5.